The Morgan fingerprint density at radius 1 is 0.692 bits per heavy atom. The first-order chi connectivity index (χ1) is 12.2. The number of fused-ring (bicyclic) bond motifs is 3. The van der Waals surface area contributed by atoms with Crippen LogP contribution in [-0.2, 0) is 10.8 Å². The summed E-state index contributed by atoms with van der Waals surface area (Å²) in [5, 5.41) is 6.14. The number of rotatable bonds is 1. The lowest BCUT2D eigenvalue weighted by Crippen LogP contribution is -2.10. The van der Waals surface area contributed by atoms with Crippen LogP contribution in [0.1, 0.15) is 52.7 Å². The molecular weight excluding hydrogens is 334 g/mol. The lowest BCUT2D eigenvalue weighted by Gasteiger charge is -2.19. The van der Waals surface area contributed by atoms with Crippen molar-refractivity contribution < 1.29 is 0 Å². The molecule has 0 aliphatic heterocycles. The average Bonchev–Trinajstić information content (AvgIpc) is 3.17. The second-order valence-electron chi connectivity index (χ2n) is 9.25. The van der Waals surface area contributed by atoms with Gasteiger partial charge in [0.25, 0.3) is 0 Å². The highest BCUT2D eigenvalue weighted by atomic mass is 32.1. The van der Waals surface area contributed by atoms with Crippen molar-refractivity contribution in [3.05, 3.63) is 65.0 Å². The minimum atomic E-state index is 0.146. The second kappa shape index (κ2) is 5.72. The van der Waals surface area contributed by atoms with E-state index in [1.165, 1.54) is 37.9 Å². The molecule has 4 aromatic rings. The molecule has 2 aromatic heterocycles. The monoisotopic (exact) mass is 361 g/mol. The molecule has 0 saturated heterocycles. The van der Waals surface area contributed by atoms with E-state index in [0.29, 0.717) is 0 Å². The standard InChI is InChI=1S/C24H27NS/c1-23(2,3)16-9-11-20-18(14-16)19-15-17(24(4,5)6)10-12-21(19)25(20)22-8-7-13-26-22/h7-15H,1-6H3. The van der Waals surface area contributed by atoms with Crippen LogP contribution in [0.25, 0.3) is 26.8 Å². The molecular formula is C24H27NS. The molecule has 26 heavy (non-hydrogen) atoms. The van der Waals surface area contributed by atoms with Crippen molar-refractivity contribution in [2.45, 2.75) is 52.4 Å². The Balaban J connectivity index is 2.13. The third-order valence-corrected chi connectivity index (χ3v) is 6.08. The van der Waals surface area contributed by atoms with Crippen LogP contribution in [0.3, 0.4) is 0 Å². The Hall–Kier alpha value is -2.06. The van der Waals surface area contributed by atoms with Gasteiger partial charge in [0.05, 0.1) is 16.0 Å². The van der Waals surface area contributed by atoms with E-state index in [-0.39, 0.29) is 10.8 Å². The fourth-order valence-electron chi connectivity index (χ4n) is 3.59. The number of aromatic nitrogens is 1. The van der Waals surface area contributed by atoms with Crippen LogP contribution in [-0.4, -0.2) is 4.57 Å². The van der Waals surface area contributed by atoms with Gasteiger partial charge in [0.15, 0.2) is 0 Å². The quantitative estimate of drug-likeness (QED) is 0.332. The maximum absolute atomic E-state index is 2.41. The molecule has 0 unspecified atom stereocenters. The normalized spacial score (nSPS) is 13.0. The smallest absolute Gasteiger partial charge is 0.0999 e. The Morgan fingerprint density at radius 3 is 1.58 bits per heavy atom. The third-order valence-electron chi connectivity index (χ3n) is 5.22. The van der Waals surface area contributed by atoms with Gasteiger partial charge in [0.1, 0.15) is 0 Å². The highest BCUT2D eigenvalue weighted by Gasteiger charge is 2.20. The summed E-state index contributed by atoms with van der Waals surface area (Å²) >= 11 is 1.79. The van der Waals surface area contributed by atoms with Crippen molar-refractivity contribution in [2.75, 3.05) is 0 Å². The SMILES string of the molecule is CC(C)(C)c1ccc2c(c1)c1cc(C(C)(C)C)ccc1n2-c1cccs1. The van der Waals surface area contributed by atoms with E-state index in [1.807, 2.05) is 0 Å². The Morgan fingerprint density at radius 2 is 1.19 bits per heavy atom. The zero-order valence-corrected chi connectivity index (χ0v) is 17.4. The summed E-state index contributed by atoms with van der Waals surface area (Å²) in [5.41, 5.74) is 5.65. The van der Waals surface area contributed by atoms with Crippen LogP contribution >= 0.6 is 11.3 Å². The van der Waals surface area contributed by atoms with E-state index >= 15 is 0 Å². The molecule has 2 aromatic carbocycles. The molecule has 2 heterocycles. The third kappa shape index (κ3) is 2.77. The lowest BCUT2D eigenvalue weighted by atomic mass is 9.85. The summed E-state index contributed by atoms with van der Waals surface area (Å²) in [7, 11) is 0. The van der Waals surface area contributed by atoms with E-state index in [4.69, 9.17) is 0 Å². The summed E-state index contributed by atoms with van der Waals surface area (Å²) in [6.07, 6.45) is 0. The predicted molar refractivity (Wildman–Crippen MR) is 116 cm³/mol. The van der Waals surface area contributed by atoms with Gasteiger partial charge >= 0.3 is 0 Å². The van der Waals surface area contributed by atoms with Gasteiger partial charge < -0.3 is 4.57 Å². The van der Waals surface area contributed by atoms with Gasteiger partial charge in [-0.15, -0.1) is 11.3 Å². The predicted octanol–water partition coefficient (Wildman–Crippen LogP) is 7.44. The maximum Gasteiger partial charge on any atom is 0.0999 e. The van der Waals surface area contributed by atoms with Gasteiger partial charge in [-0.3, -0.25) is 0 Å². The number of hydrogen-bond acceptors (Lipinski definition) is 1. The summed E-state index contributed by atoms with van der Waals surface area (Å²) < 4.78 is 2.41. The first-order valence-electron chi connectivity index (χ1n) is 9.29. The van der Waals surface area contributed by atoms with E-state index in [2.05, 4.69) is 100 Å². The molecule has 0 radical (unpaired) electrons. The van der Waals surface area contributed by atoms with Gasteiger partial charge in [0, 0.05) is 10.8 Å². The van der Waals surface area contributed by atoms with Gasteiger partial charge in [-0.2, -0.15) is 0 Å². The molecule has 134 valence electrons. The van der Waals surface area contributed by atoms with Crippen LogP contribution < -0.4 is 0 Å². The second-order valence-corrected chi connectivity index (χ2v) is 10.2. The summed E-state index contributed by atoms with van der Waals surface area (Å²) in [6, 6.07) is 18.3. The van der Waals surface area contributed by atoms with E-state index in [9.17, 15) is 0 Å². The van der Waals surface area contributed by atoms with Gasteiger partial charge in [-0.1, -0.05) is 53.7 Å². The van der Waals surface area contributed by atoms with Crippen molar-refractivity contribution in [3.8, 4) is 5.00 Å². The van der Waals surface area contributed by atoms with Crippen molar-refractivity contribution in [1.29, 1.82) is 0 Å². The molecule has 0 aliphatic rings. The number of benzene rings is 2. The molecule has 1 nitrogen and oxygen atoms in total. The van der Waals surface area contributed by atoms with E-state index in [1.54, 1.807) is 11.3 Å². The maximum atomic E-state index is 2.41. The largest absolute Gasteiger partial charge is 0.301 e. The highest BCUT2D eigenvalue weighted by Crippen LogP contribution is 2.38. The summed E-state index contributed by atoms with van der Waals surface area (Å²) in [4.78, 5) is 0. The Bertz CT molecular complexity index is 1010. The number of thiophene rings is 1. The Labute approximate surface area is 160 Å². The van der Waals surface area contributed by atoms with Crippen molar-refractivity contribution in [2.24, 2.45) is 0 Å². The van der Waals surface area contributed by atoms with Gasteiger partial charge in [0.2, 0.25) is 0 Å². The first kappa shape index (κ1) is 17.4. The Kier molecular flexibility index (Phi) is 3.82. The molecule has 0 fully saturated rings. The van der Waals surface area contributed by atoms with Crippen molar-refractivity contribution >= 4 is 33.1 Å². The van der Waals surface area contributed by atoms with Crippen molar-refractivity contribution in [1.82, 2.24) is 4.57 Å². The molecule has 0 amide bonds. The van der Waals surface area contributed by atoms with E-state index < -0.39 is 0 Å². The molecule has 0 atom stereocenters. The minimum Gasteiger partial charge on any atom is -0.301 e. The zero-order chi connectivity index (χ0) is 18.7. The lowest BCUT2D eigenvalue weighted by molar-refractivity contribution is 0.590. The molecule has 0 aliphatic carbocycles. The molecule has 0 bridgehead atoms. The summed E-state index contributed by atoms with van der Waals surface area (Å²) in [6.45, 7) is 13.7. The molecule has 4 rings (SSSR count). The average molecular weight is 362 g/mol. The molecule has 0 saturated carbocycles. The number of hydrogen-bond donors (Lipinski definition) is 0. The van der Waals surface area contributed by atoms with Crippen LogP contribution in [0, 0.1) is 0 Å². The van der Waals surface area contributed by atoms with Crippen LogP contribution in [0.2, 0.25) is 0 Å². The fraction of sp³-hybridized carbons (Fsp3) is 0.333. The zero-order valence-electron chi connectivity index (χ0n) is 16.6. The molecule has 0 spiro atoms. The summed E-state index contributed by atoms with van der Waals surface area (Å²) in [5.74, 6) is 0. The van der Waals surface area contributed by atoms with Crippen LogP contribution in [0.15, 0.2) is 53.9 Å². The fourth-order valence-corrected chi connectivity index (χ4v) is 4.35. The number of nitrogens with zero attached hydrogens (tertiary/aromatic N) is 1. The molecule has 2 heteroatoms. The van der Waals surface area contributed by atoms with Crippen molar-refractivity contribution in [3.63, 3.8) is 0 Å². The molecule has 0 N–H and O–H groups in total. The van der Waals surface area contributed by atoms with E-state index in [0.717, 1.165) is 0 Å². The first-order valence-corrected chi connectivity index (χ1v) is 10.2. The topological polar surface area (TPSA) is 4.93 Å². The van der Waals surface area contributed by atoms with Crippen LogP contribution in [0.4, 0.5) is 0 Å². The van der Waals surface area contributed by atoms with Gasteiger partial charge in [-0.05, 0) is 63.7 Å². The van der Waals surface area contributed by atoms with Crippen LogP contribution in [0.5, 0.6) is 0 Å². The van der Waals surface area contributed by atoms with Gasteiger partial charge in [-0.25, -0.2) is 0 Å². The highest BCUT2D eigenvalue weighted by molar-refractivity contribution is 7.12. The minimum absolute atomic E-state index is 0.146.